The van der Waals surface area contributed by atoms with Crippen molar-refractivity contribution in [1.29, 1.82) is 5.26 Å². The van der Waals surface area contributed by atoms with E-state index in [1.165, 1.54) is 23.3 Å². The molecule has 9 aromatic rings. The van der Waals surface area contributed by atoms with Crippen LogP contribution in [0.2, 0.25) is 0 Å². The molecule has 0 bridgehead atoms. The number of nitrogens with zero attached hydrogens (tertiary/aromatic N) is 3. The van der Waals surface area contributed by atoms with Crippen LogP contribution in [0.5, 0.6) is 0 Å². The summed E-state index contributed by atoms with van der Waals surface area (Å²) in [4.78, 5) is 0. The molecule has 0 saturated carbocycles. The number of rotatable bonds is 4. The lowest BCUT2D eigenvalue weighted by atomic mass is 9.99. The standard InChI is InChI=1S/C45H29F2N3/c1-27-17-28(2)19-30(18-27)29-15-16-43-38(22-29)37-11-5-8-14-42(37)50(43)45-24-32(31-20-33(46)25-34(47)21-31)23-44(39(45)26-48)49-40-12-6-3-9-35(40)36-10-4-7-13-41(36)49/h3-25H,1-2H3. The van der Waals surface area contributed by atoms with Gasteiger partial charge in [0, 0.05) is 27.6 Å². The fourth-order valence-corrected chi connectivity index (χ4v) is 7.70. The first-order valence-corrected chi connectivity index (χ1v) is 16.5. The first-order chi connectivity index (χ1) is 24.4. The van der Waals surface area contributed by atoms with Crippen molar-refractivity contribution in [2.45, 2.75) is 13.8 Å². The molecule has 0 unspecified atom stereocenters. The Morgan fingerprint density at radius 1 is 0.440 bits per heavy atom. The number of para-hydroxylation sites is 3. The molecule has 3 nitrogen and oxygen atoms in total. The zero-order chi connectivity index (χ0) is 34.1. The second-order valence-electron chi connectivity index (χ2n) is 13.0. The fraction of sp³-hybridized carbons (Fsp3) is 0.0444. The smallest absolute Gasteiger partial charge is 0.126 e. The van der Waals surface area contributed by atoms with Gasteiger partial charge in [-0.15, -0.1) is 0 Å². The molecule has 0 fully saturated rings. The Bertz CT molecular complexity index is 2790. The van der Waals surface area contributed by atoms with Gasteiger partial charge in [-0.3, -0.25) is 0 Å². The van der Waals surface area contributed by atoms with Gasteiger partial charge in [0.25, 0.3) is 0 Å². The van der Waals surface area contributed by atoms with Crippen LogP contribution in [0.1, 0.15) is 16.7 Å². The second kappa shape index (κ2) is 11.3. The third-order valence-electron chi connectivity index (χ3n) is 9.69. The van der Waals surface area contributed by atoms with Gasteiger partial charge >= 0.3 is 0 Å². The summed E-state index contributed by atoms with van der Waals surface area (Å²) in [7, 11) is 0. The van der Waals surface area contributed by atoms with Gasteiger partial charge in [0.2, 0.25) is 0 Å². The molecule has 0 N–H and O–H groups in total. The predicted octanol–water partition coefficient (Wildman–Crippen LogP) is 12.0. The summed E-state index contributed by atoms with van der Waals surface area (Å²) < 4.78 is 33.7. The Kier molecular flexibility index (Phi) is 6.69. The van der Waals surface area contributed by atoms with Gasteiger partial charge in [-0.25, -0.2) is 8.78 Å². The molecule has 50 heavy (non-hydrogen) atoms. The van der Waals surface area contributed by atoms with Gasteiger partial charge in [-0.05, 0) is 90.7 Å². The lowest BCUT2D eigenvalue weighted by molar-refractivity contribution is 0.584. The Morgan fingerprint density at radius 3 is 1.40 bits per heavy atom. The zero-order valence-corrected chi connectivity index (χ0v) is 27.4. The van der Waals surface area contributed by atoms with E-state index in [0.717, 1.165) is 60.8 Å². The monoisotopic (exact) mass is 649 g/mol. The highest BCUT2D eigenvalue weighted by atomic mass is 19.1. The molecule has 0 amide bonds. The van der Waals surface area contributed by atoms with E-state index in [1.54, 1.807) is 0 Å². The van der Waals surface area contributed by atoms with Crippen molar-refractivity contribution in [3.8, 4) is 39.7 Å². The highest BCUT2D eigenvalue weighted by Crippen LogP contribution is 2.41. The van der Waals surface area contributed by atoms with E-state index >= 15 is 0 Å². The number of fused-ring (bicyclic) bond motifs is 6. The lowest BCUT2D eigenvalue weighted by Crippen LogP contribution is -2.05. The van der Waals surface area contributed by atoms with E-state index in [9.17, 15) is 14.0 Å². The van der Waals surface area contributed by atoms with Crippen molar-refractivity contribution < 1.29 is 8.78 Å². The van der Waals surface area contributed by atoms with Crippen LogP contribution in [0.25, 0.3) is 77.2 Å². The minimum atomic E-state index is -0.667. The topological polar surface area (TPSA) is 33.6 Å². The summed E-state index contributed by atoms with van der Waals surface area (Å²) in [6.07, 6.45) is 0. The number of nitriles is 1. The molecule has 0 saturated heterocycles. The quantitative estimate of drug-likeness (QED) is 0.187. The molecule has 0 radical (unpaired) electrons. The molecular weight excluding hydrogens is 621 g/mol. The van der Waals surface area contributed by atoms with Crippen molar-refractivity contribution in [2.75, 3.05) is 0 Å². The number of aromatic nitrogens is 2. The van der Waals surface area contributed by atoms with Gasteiger partial charge in [0.15, 0.2) is 0 Å². The second-order valence-corrected chi connectivity index (χ2v) is 13.0. The Balaban J connectivity index is 1.41. The number of halogens is 2. The molecule has 2 heterocycles. The molecule has 0 aliphatic heterocycles. The van der Waals surface area contributed by atoms with Crippen LogP contribution in [-0.4, -0.2) is 9.13 Å². The molecular formula is C45H29F2N3. The molecule has 9 rings (SSSR count). The Labute approximate surface area is 287 Å². The summed E-state index contributed by atoms with van der Waals surface area (Å²) >= 11 is 0. The minimum absolute atomic E-state index is 0.383. The fourth-order valence-electron chi connectivity index (χ4n) is 7.70. The number of benzene rings is 7. The molecule has 0 aliphatic rings. The molecule has 2 aromatic heterocycles. The summed E-state index contributed by atoms with van der Waals surface area (Å²) in [6.45, 7) is 4.22. The van der Waals surface area contributed by atoms with Crippen LogP contribution in [0.3, 0.4) is 0 Å². The zero-order valence-electron chi connectivity index (χ0n) is 27.4. The summed E-state index contributed by atoms with van der Waals surface area (Å²) in [6, 6.07) is 47.3. The molecule has 5 heteroatoms. The van der Waals surface area contributed by atoms with Crippen molar-refractivity contribution >= 4 is 43.6 Å². The van der Waals surface area contributed by atoms with Crippen LogP contribution in [-0.2, 0) is 0 Å². The molecule has 0 aliphatic carbocycles. The number of hydrogen-bond acceptors (Lipinski definition) is 1. The minimum Gasteiger partial charge on any atom is -0.308 e. The highest BCUT2D eigenvalue weighted by molar-refractivity contribution is 6.12. The number of hydrogen-bond donors (Lipinski definition) is 0. The van der Waals surface area contributed by atoms with Gasteiger partial charge in [-0.1, -0.05) is 90.0 Å². The van der Waals surface area contributed by atoms with E-state index in [0.29, 0.717) is 28.1 Å². The lowest BCUT2D eigenvalue weighted by Gasteiger charge is -2.18. The first kappa shape index (κ1) is 29.6. The average molecular weight is 650 g/mol. The van der Waals surface area contributed by atoms with Gasteiger partial charge < -0.3 is 9.13 Å². The van der Waals surface area contributed by atoms with Gasteiger partial charge in [0.05, 0.1) is 33.4 Å². The van der Waals surface area contributed by atoms with Crippen LogP contribution in [0.15, 0.2) is 140 Å². The van der Waals surface area contributed by atoms with Crippen LogP contribution in [0, 0.1) is 36.8 Å². The van der Waals surface area contributed by atoms with Crippen LogP contribution >= 0.6 is 0 Å². The largest absolute Gasteiger partial charge is 0.308 e. The Hall–Kier alpha value is -6.51. The van der Waals surface area contributed by atoms with Gasteiger partial charge in [-0.2, -0.15) is 5.26 Å². The molecule has 0 spiro atoms. The third-order valence-corrected chi connectivity index (χ3v) is 9.69. The summed E-state index contributed by atoms with van der Waals surface area (Å²) in [5.41, 5.74) is 11.0. The maximum atomic E-state index is 14.8. The predicted molar refractivity (Wildman–Crippen MR) is 200 cm³/mol. The van der Waals surface area contributed by atoms with Crippen LogP contribution < -0.4 is 0 Å². The first-order valence-electron chi connectivity index (χ1n) is 16.5. The molecule has 7 aromatic carbocycles. The van der Waals surface area contributed by atoms with Crippen molar-refractivity contribution in [2.24, 2.45) is 0 Å². The SMILES string of the molecule is Cc1cc(C)cc(-c2ccc3c(c2)c2ccccc2n3-c2cc(-c3cc(F)cc(F)c3)cc(-n3c4ccccc4c4ccccc43)c2C#N)c1. The maximum Gasteiger partial charge on any atom is 0.126 e. The normalized spacial score (nSPS) is 11.6. The molecule has 0 atom stereocenters. The van der Waals surface area contributed by atoms with Crippen molar-refractivity contribution in [1.82, 2.24) is 9.13 Å². The Morgan fingerprint density at radius 2 is 0.880 bits per heavy atom. The van der Waals surface area contributed by atoms with Gasteiger partial charge in [0.1, 0.15) is 23.3 Å². The van der Waals surface area contributed by atoms with Crippen LogP contribution in [0.4, 0.5) is 8.78 Å². The van der Waals surface area contributed by atoms with E-state index in [-0.39, 0.29) is 0 Å². The summed E-state index contributed by atoms with van der Waals surface area (Å²) in [5.74, 6) is -1.33. The van der Waals surface area contributed by atoms with E-state index in [1.807, 2.05) is 60.7 Å². The van der Waals surface area contributed by atoms with E-state index < -0.39 is 11.6 Å². The van der Waals surface area contributed by atoms with E-state index in [2.05, 4.69) is 89.7 Å². The number of aryl methyl sites for hydroxylation is 2. The molecule has 238 valence electrons. The summed E-state index contributed by atoms with van der Waals surface area (Å²) in [5, 5.41) is 15.3. The van der Waals surface area contributed by atoms with E-state index in [4.69, 9.17) is 0 Å². The van der Waals surface area contributed by atoms with Crippen molar-refractivity contribution in [3.63, 3.8) is 0 Å². The third kappa shape index (κ3) is 4.61. The average Bonchev–Trinajstić information content (AvgIpc) is 3.63. The highest BCUT2D eigenvalue weighted by Gasteiger charge is 2.23. The van der Waals surface area contributed by atoms with Crippen molar-refractivity contribution in [3.05, 3.63) is 168 Å². The maximum absolute atomic E-state index is 14.8.